The number of carbonyl (C=O) groups excluding carboxylic acids is 1. The van der Waals surface area contributed by atoms with Gasteiger partial charge >= 0.3 is 0 Å². The van der Waals surface area contributed by atoms with Crippen LogP contribution in [0.2, 0.25) is 0 Å². The van der Waals surface area contributed by atoms with E-state index < -0.39 is 0 Å². The molecule has 1 nitrogen and oxygen atoms in total. The van der Waals surface area contributed by atoms with Crippen molar-refractivity contribution >= 4 is 5.78 Å². The summed E-state index contributed by atoms with van der Waals surface area (Å²) in [5.74, 6) is 0.503. The van der Waals surface area contributed by atoms with Crippen LogP contribution in [0.4, 0.5) is 0 Å². The number of rotatable bonds is 1. The molecule has 0 fully saturated rings. The number of benzene rings is 2. The van der Waals surface area contributed by atoms with Gasteiger partial charge in [0.1, 0.15) is 0 Å². The van der Waals surface area contributed by atoms with Crippen LogP contribution in [0.25, 0.3) is 0 Å². The number of hydrogen-bond acceptors (Lipinski definition) is 1. The highest BCUT2D eigenvalue weighted by Crippen LogP contribution is 2.47. The summed E-state index contributed by atoms with van der Waals surface area (Å²) in [6, 6.07) is 16.8. The maximum absolute atomic E-state index is 12.7. The van der Waals surface area contributed by atoms with Crippen LogP contribution in [0.3, 0.4) is 0 Å². The van der Waals surface area contributed by atoms with E-state index in [-0.39, 0.29) is 11.3 Å². The normalized spacial score (nSPS) is 20.9. The van der Waals surface area contributed by atoms with E-state index in [0.717, 1.165) is 24.8 Å². The molecule has 4 rings (SSSR count). The fourth-order valence-electron chi connectivity index (χ4n) is 4.08. The predicted molar refractivity (Wildman–Crippen MR) is 91.3 cm³/mol. The lowest BCUT2D eigenvalue weighted by molar-refractivity contribution is 0.0811. The number of carbonyl (C=O) groups is 1. The molecule has 2 aliphatic carbocycles. The maximum atomic E-state index is 12.7. The van der Waals surface area contributed by atoms with Crippen molar-refractivity contribution in [3.63, 3.8) is 0 Å². The van der Waals surface area contributed by atoms with E-state index in [0.29, 0.717) is 5.78 Å². The molecule has 1 unspecified atom stereocenters. The van der Waals surface area contributed by atoms with Crippen LogP contribution in [0.1, 0.15) is 47.8 Å². The highest BCUT2D eigenvalue weighted by atomic mass is 16.1. The lowest BCUT2D eigenvalue weighted by Gasteiger charge is -2.29. The zero-order chi connectivity index (χ0) is 15.7. The second kappa shape index (κ2) is 5.72. The van der Waals surface area contributed by atoms with E-state index in [9.17, 15) is 4.79 Å². The summed E-state index contributed by atoms with van der Waals surface area (Å²) in [5, 5.41) is 0. The summed E-state index contributed by atoms with van der Waals surface area (Å²) in [6.07, 6.45) is 2.99. The Hall–Kier alpha value is -1.89. The number of Topliss-reactive ketones (excluding diaryl/α,β-unsaturated/α-hetero) is 1. The summed E-state index contributed by atoms with van der Waals surface area (Å²) in [5.41, 5.74) is 5.13. The van der Waals surface area contributed by atoms with Crippen LogP contribution < -0.4 is 0 Å². The molecule has 0 heterocycles. The van der Waals surface area contributed by atoms with Crippen LogP contribution in [0.5, 0.6) is 0 Å². The van der Waals surface area contributed by atoms with E-state index in [1.807, 2.05) is 32.0 Å². The van der Waals surface area contributed by atoms with Crippen molar-refractivity contribution in [1.82, 2.24) is 0 Å². The monoisotopic (exact) mass is 292 g/mol. The number of ketones is 1. The molecule has 22 heavy (non-hydrogen) atoms. The summed E-state index contributed by atoms with van der Waals surface area (Å²) in [4.78, 5) is 12.7. The Labute approximate surface area is 133 Å². The first-order chi connectivity index (χ1) is 10.7. The molecular weight excluding hydrogens is 268 g/mol. The molecule has 0 saturated heterocycles. The van der Waals surface area contributed by atoms with Crippen molar-refractivity contribution in [3.8, 4) is 0 Å². The lowest BCUT2D eigenvalue weighted by Crippen LogP contribution is -2.32. The van der Waals surface area contributed by atoms with Crippen LogP contribution in [0.15, 0.2) is 48.5 Å². The molecule has 0 bridgehead atoms. The minimum Gasteiger partial charge on any atom is -0.294 e. The molecule has 1 heteroatoms. The molecule has 0 saturated carbocycles. The molecule has 1 atom stereocenters. The maximum Gasteiger partial charge on any atom is 0.167 e. The Bertz CT molecular complexity index is 674. The smallest absolute Gasteiger partial charge is 0.167 e. The zero-order valence-electron chi connectivity index (χ0n) is 13.7. The molecule has 0 N–H and O–H groups in total. The van der Waals surface area contributed by atoms with Gasteiger partial charge in [-0.05, 0) is 41.4 Å². The Balaban J connectivity index is 0.000000693. The van der Waals surface area contributed by atoms with Crippen molar-refractivity contribution in [3.05, 3.63) is 70.8 Å². The minimum absolute atomic E-state index is 0.0831. The zero-order valence-corrected chi connectivity index (χ0v) is 13.7. The first kappa shape index (κ1) is 15.0. The van der Waals surface area contributed by atoms with E-state index in [1.54, 1.807) is 0 Å². The fraction of sp³-hybridized carbons (Fsp3) is 0.381. The van der Waals surface area contributed by atoms with Gasteiger partial charge in [-0.25, -0.2) is 0 Å². The van der Waals surface area contributed by atoms with Gasteiger partial charge in [0.2, 0.25) is 0 Å². The van der Waals surface area contributed by atoms with E-state index in [4.69, 9.17) is 0 Å². The van der Waals surface area contributed by atoms with Gasteiger partial charge in [-0.3, -0.25) is 4.79 Å². The Morgan fingerprint density at radius 1 is 0.864 bits per heavy atom. The van der Waals surface area contributed by atoms with E-state index >= 15 is 0 Å². The van der Waals surface area contributed by atoms with Gasteiger partial charge in [0.15, 0.2) is 5.78 Å². The largest absolute Gasteiger partial charge is 0.294 e. The van der Waals surface area contributed by atoms with Crippen molar-refractivity contribution in [1.29, 1.82) is 0 Å². The average molecular weight is 292 g/mol. The summed E-state index contributed by atoms with van der Waals surface area (Å²) < 4.78 is 0. The number of fused-ring (bicyclic) bond motifs is 2. The third-order valence-electron chi connectivity index (χ3n) is 5.17. The molecule has 0 radical (unpaired) electrons. The molecule has 2 aliphatic rings. The summed E-state index contributed by atoms with van der Waals surface area (Å²) >= 11 is 0. The van der Waals surface area contributed by atoms with Crippen LogP contribution >= 0.6 is 0 Å². The molecule has 2 aromatic carbocycles. The van der Waals surface area contributed by atoms with Crippen LogP contribution in [-0.2, 0) is 19.3 Å². The van der Waals surface area contributed by atoms with Crippen LogP contribution in [0, 0.1) is 11.3 Å². The van der Waals surface area contributed by atoms with E-state index in [1.165, 1.54) is 16.7 Å². The average Bonchev–Trinajstić information content (AvgIpc) is 3.08. The molecule has 0 aromatic heterocycles. The molecule has 0 spiro atoms. The van der Waals surface area contributed by atoms with Gasteiger partial charge in [0.05, 0.1) is 0 Å². The third kappa shape index (κ3) is 2.29. The summed E-state index contributed by atoms with van der Waals surface area (Å²) in [7, 11) is 0. The van der Waals surface area contributed by atoms with Gasteiger partial charge < -0.3 is 0 Å². The predicted octanol–water partition coefficient (Wildman–Crippen LogP) is 4.87. The SMILES string of the molecule is CC.CC1(C2Cc3ccccc3C2=O)Cc2ccccc2C1. The highest BCUT2D eigenvalue weighted by molar-refractivity contribution is 6.02. The quantitative estimate of drug-likeness (QED) is 0.732. The Morgan fingerprint density at radius 3 is 1.91 bits per heavy atom. The Morgan fingerprint density at radius 2 is 1.36 bits per heavy atom. The van der Waals surface area contributed by atoms with Crippen LogP contribution in [-0.4, -0.2) is 5.78 Å². The molecule has 0 amide bonds. The van der Waals surface area contributed by atoms with Crippen molar-refractivity contribution in [2.75, 3.05) is 0 Å². The van der Waals surface area contributed by atoms with E-state index in [2.05, 4.69) is 37.3 Å². The van der Waals surface area contributed by atoms with Gasteiger partial charge in [-0.2, -0.15) is 0 Å². The van der Waals surface area contributed by atoms with Crippen molar-refractivity contribution in [2.45, 2.75) is 40.0 Å². The second-order valence-corrected chi connectivity index (χ2v) is 6.55. The molecular formula is C21H24O. The fourth-order valence-corrected chi connectivity index (χ4v) is 4.08. The van der Waals surface area contributed by atoms with Crippen molar-refractivity contribution in [2.24, 2.45) is 11.3 Å². The number of hydrogen-bond donors (Lipinski definition) is 0. The molecule has 0 aliphatic heterocycles. The first-order valence-corrected chi connectivity index (χ1v) is 8.36. The Kier molecular flexibility index (Phi) is 3.90. The lowest BCUT2D eigenvalue weighted by atomic mass is 9.72. The highest BCUT2D eigenvalue weighted by Gasteiger charge is 2.46. The van der Waals surface area contributed by atoms with Crippen molar-refractivity contribution < 1.29 is 4.79 Å². The van der Waals surface area contributed by atoms with Gasteiger partial charge in [-0.15, -0.1) is 0 Å². The topological polar surface area (TPSA) is 17.1 Å². The first-order valence-electron chi connectivity index (χ1n) is 8.36. The third-order valence-corrected chi connectivity index (χ3v) is 5.17. The van der Waals surface area contributed by atoms with Gasteiger partial charge in [0, 0.05) is 11.5 Å². The van der Waals surface area contributed by atoms with Gasteiger partial charge in [-0.1, -0.05) is 69.3 Å². The molecule has 2 aromatic rings. The second-order valence-electron chi connectivity index (χ2n) is 6.55. The van der Waals surface area contributed by atoms with Gasteiger partial charge in [0.25, 0.3) is 0 Å². The molecule has 114 valence electrons. The minimum atomic E-state index is 0.0831. The standard InChI is InChI=1S/C19H18O.C2H6/c1-19(11-14-7-2-3-8-15(14)12-19)17-10-13-6-4-5-9-16(13)18(17)20;1-2/h2-9,17H,10-12H2,1H3;1-2H3. The summed E-state index contributed by atoms with van der Waals surface area (Å²) in [6.45, 7) is 6.29.